The second-order valence-corrected chi connectivity index (χ2v) is 5.92. The number of ether oxygens (including phenoxy) is 2. The predicted molar refractivity (Wildman–Crippen MR) is 93.7 cm³/mol. The van der Waals surface area contributed by atoms with Crippen LogP contribution in [0.3, 0.4) is 0 Å². The molecule has 0 aromatic heterocycles. The number of rotatable bonds is 8. The number of nitrogens with one attached hydrogen (secondary N) is 2. The van der Waals surface area contributed by atoms with Gasteiger partial charge in [0.25, 0.3) is 0 Å². The highest BCUT2D eigenvalue weighted by Crippen LogP contribution is 2.10. The maximum atomic E-state index is 13.3. The highest BCUT2D eigenvalue weighted by Gasteiger charge is 2.15. The summed E-state index contributed by atoms with van der Waals surface area (Å²) in [5.41, 5.74) is 1.64. The van der Waals surface area contributed by atoms with E-state index in [0.29, 0.717) is 18.7 Å². The fourth-order valence-electron chi connectivity index (χ4n) is 2.49. The van der Waals surface area contributed by atoms with E-state index >= 15 is 0 Å². The van der Waals surface area contributed by atoms with E-state index < -0.39 is 0 Å². The van der Waals surface area contributed by atoms with Crippen molar-refractivity contribution in [3.05, 3.63) is 35.1 Å². The van der Waals surface area contributed by atoms with Crippen molar-refractivity contribution in [3.63, 3.8) is 0 Å². The average molecular weight is 337 g/mol. The lowest BCUT2D eigenvalue weighted by molar-refractivity contribution is 0.0420. The minimum atomic E-state index is -0.180. The van der Waals surface area contributed by atoms with Crippen LogP contribution in [0.15, 0.2) is 23.2 Å². The molecule has 6 heteroatoms. The third-order valence-corrected chi connectivity index (χ3v) is 3.84. The van der Waals surface area contributed by atoms with Gasteiger partial charge in [-0.25, -0.2) is 9.38 Å². The lowest BCUT2D eigenvalue weighted by Gasteiger charge is -2.13. The molecule has 1 aliphatic rings. The molecule has 1 heterocycles. The maximum absolute atomic E-state index is 13.3. The second kappa shape index (κ2) is 10.3. The van der Waals surface area contributed by atoms with E-state index in [9.17, 15) is 4.39 Å². The van der Waals surface area contributed by atoms with E-state index in [-0.39, 0.29) is 11.9 Å². The molecule has 0 amide bonds. The van der Waals surface area contributed by atoms with Crippen LogP contribution < -0.4 is 10.6 Å². The predicted octanol–water partition coefficient (Wildman–Crippen LogP) is 2.38. The standard InChI is InChI=1S/C18H28FN3O2/c1-3-20-18(21-8-4-9-24-16-7-10-23-13-16)22-12-15-5-6-17(19)14(2)11-15/h5-6,11,16H,3-4,7-10,12-13H2,1-2H3,(H2,20,21,22). The van der Waals surface area contributed by atoms with Crippen molar-refractivity contribution in [3.8, 4) is 0 Å². The zero-order valence-corrected chi connectivity index (χ0v) is 14.6. The molecule has 0 spiro atoms. The van der Waals surface area contributed by atoms with Gasteiger partial charge in [0.15, 0.2) is 5.96 Å². The van der Waals surface area contributed by atoms with E-state index in [0.717, 1.165) is 50.7 Å². The largest absolute Gasteiger partial charge is 0.379 e. The smallest absolute Gasteiger partial charge is 0.191 e. The lowest BCUT2D eigenvalue weighted by atomic mass is 10.1. The number of aryl methyl sites for hydroxylation is 1. The van der Waals surface area contributed by atoms with Crippen LogP contribution >= 0.6 is 0 Å². The first kappa shape index (κ1) is 18.7. The first-order valence-electron chi connectivity index (χ1n) is 8.65. The number of aliphatic imine (C=N–C) groups is 1. The van der Waals surface area contributed by atoms with E-state index in [2.05, 4.69) is 15.6 Å². The Morgan fingerprint density at radius 2 is 2.29 bits per heavy atom. The number of benzene rings is 1. The second-order valence-electron chi connectivity index (χ2n) is 5.92. The molecule has 1 saturated heterocycles. The van der Waals surface area contributed by atoms with Crippen LogP contribution in [-0.2, 0) is 16.0 Å². The fourth-order valence-corrected chi connectivity index (χ4v) is 2.49. The van der Waals surface area contributed by atoms with Gasteiger partial charge in [-0.2, -0.15) is 0 Å². The van der Waals surface area contributed by atoms with Crippen molar-refractivity contribution < 1.29 is 13.9 Å². The van der Waals surface area contributed by atoms with Crippen LogP contribution in [0.1, 0.15) is 30.9 Å². The number of guanidine groups is 1. The molecule has 2 N–H and O–H groups in total. The van der Waals surface area contributed by atoms with Crippen LogP contribution in [0.25, 0.3) is 0 Å². The van der Waals surface area contributed by atoms with Crippen molar-refractivity contribution >= 4 is 5.96 Å². The van der Waals surface area contributed by atoms with Gasteiger partial charge in [-0.05, 0) is 43.9 Å². The molecule has 5 nitrogen and oxygen atoms in total. The van der Waals surface area contributed by atoms with Gasteiger partial charge >= 0.3 is 0 Å². The summed E-state index contributed by atoms with van der Waals surface area (Å²) in [4.78, 5) is 4.54. The molecular formula is C18H28FN3O2. The summed E-state index contributed by atoms with van der Waals surface area (Å²) >= 11 is 0. The normalized spacial score (nSPS) is 18.0. The summed E-state index contributed by atoms with van der Waals surface area (Å²) < 4.78 is 24.3. The molecule has 0 saturated carbocycles. The molecule has 24 heavy (non-hydrogen) atoms. The average Bonchev–Trinajstić information content (AvgIpc) is 3.08. The molecule has 134 valence electrons. The highest BCUT2D eigenvalue weighted by molar-refractivity contribution is 5.79. The molecular weight excluding hydrogens is 309 g/mol. The zero-order valence-electron chi connectivity index (χ0n) is 14.6. The minimum Gasteiger partial charge on any atom is -0.379 e. The van der Waals surface area contributed by atoms with Gasteiger partial charge < -0.3 is 20.1 Å². The van der Waals surface area contributed by atoms with E-state index in [1.165, 1.54) is 6.07 Å². The Balaban J connectivity index is 1.72. The van der Waals surface area contributed by atoms with Gasteiger partial charge in [-0.15, -0.1) is 0 Å². The van der Waals surface area contributed by atoms with Gasteiger partial charge in [0.1, 0.15) is 5.82 Å². The first-order valence-corrected chi connectivity index (χ1v) is 8.65. The first-order chi connectivity index (χ1) is 11.7. The van der Waals surface area contributed by atoms with Crippen LogP contribution in [0, 0.1) is 12.7 Å². The molecule has 1 atom stereocenters. The van der Waals surface area contributed by atoms with Gasteiger partial charge in [0.05, 0.1) is 19.3 Å². The Hall–Kier alpha value is -1.66. The molecule has 1 unspecified atom stereocenters. The molecule has 0 bridgehead atoms. The van der Waals surface area contributed by atoms with Crippen LogP contribution in [0.5, 0.6) is 0 Å². The topological polar surface area (TPSA) is 54.9 Å². The number of nitrogens with zero attached hydrogens (tertiary/aromatic N) is 1. The monoisotopic (exact) mass is 337 g/mol. The summed E-state index contributed by atoms with van der Waals surface area (Å²) in [7, 11) is 0. The van der Waals surface area contributed by atoms with E-state index in [1.54, 1.807) is 13.0 Å². The lowest BCUT2D eigenvalue weighted by Crippen LogP contribution is -2.38. The zero-order chi connectivity index (χ0) is 17.2. The van der Waals surface area contributed by atoms with Crippen molar-refractivity contribution in [1.29, 1.82) is 0 Å². The molecule has 1 aromatic rings. The minimum absolute atomic E-state index is 0.180. The number of hydrogen-bond donors (Lipinski definition) is 2. The molecule has 1 aliphatic heterocycles. The molecule has 0 aliphatic carbocycles. The quantitative estimate of drug-likeness (QED) is 0.434. The maximum Gasteiger partial charge on any atom is 0.191 e. The third kappa shape index (κ3) is 6.45. The summed E-state index contributed by atoms with van der Waals surface area (Å²) in [6, 6.07) is 5.09. The SMILES string of the molecule is CCNC(=NCc1ccc(F)c(C)c1)NCCCOC1CCOC1. The van der Waals surface area contributed by atoms with Gasteiger partial charge in [0, 0.05) is 26.3 Å². The van der Waals surface area contributed by atoms with Crippen molar-refractivity contribution in [1.82, 2.24) is 10.6 Å². The summed E-state index contributed by atoms with van der Waals surface area (Å²) in [6.07, 6.45) is 2.17. The van der Waals surface area contributed by atoms with Crippen LogP contribution in [-0.4, -0.2) is 45.0 Å². The Morgan fingerprint density at radius 1 is 1.42 bits per heavy atom. The molecule has 1 fully saturated rings. The Labute approximate surface area is 143 Å². The van der Waals surface area contributed by atoms with Crippen LogP contribution in [0.2, 0.25) is 0 Å². The van der Waals surface area contributed by atoms with Gasteiger partial charge in [-0.3, -0.25) is 0 Å². The summed E-state index contributed by atoms with van der Waals surface area (Å²) in [6.45, 7) is 8.15. The number of hydrogen-bond acceptors (Lipinski definition) is 3. The van der Waals surface area contributed by atoms with E-state index in [4.69, 9.17) is 9.47 Å². The van der Waals surface area contributed by atoms with Crippen LogP contribution in [0.4, 0.5) is 4.39 Å². The van der Waals surface area contributed by atoms with Crippen molar-refractivity contribution in [2.45, 2.75) is 39.3 Å². The Morgan fingerprint density at radius 3 is 3.00 bits per heavy atom. The number of halogens is 1. The third-order valence-electron chi connectivity index (χ3n) is 3.84. The fraction of sp³-hybridized carbons (Fsp3) is 0.611. The Kier molecular flexibility index (Phi) is 7.98. The van der Waals surface area contributed by atoms with Gasteiger partial charge in [0.2, 0.25) is 0 Å². The molecule has 0 radical (unpaired) electrons. The van der Waals surface area contributed by atoms with Gasteiger partial charge in [-0.1, -0.05) is 12.1 Å². The molecule has 2 rings (SSSR count). The van der Waals surface area contributed by atoms with E-state index in [1.807, 2.05) is 13.0 Å². The highest BCUT2D eigenvalue weighted by atomic mass is 19.1. The summed E-state index contributed by atoms with van der Waals surface area (Å²) in [5, 5.41) is 6.51. The Bertz CT molecular complexity index is 531. The summed E-state index contributed by atoms with van der Waals surface area (Å²) in [5.74, 6) is 0.587. The molecule has 1 aromatic carbocycles. The van der Waals surface area contributed by atoms with Crippen molar-refractivity contribution in [2.75, 3.05) is 32.9 Å². The van der Waals surface area contributed by atoms with Crippen molar-refractivity contribution in [2.24, 2.45) is 4.99 Å².